The van der Waals surface area contributed by atoms with Crippen molar-refractivity contribution in [3.8, 4) is 11.4 Å². The first-order valence-corrected chi connectivity index (χ1v) is 7.21. The van der Waals surface area contributed by atoms with Gasteiger partial charge in [-0.3, -0.25) is 9.48 Å². The molecule has 118 valence electrons. The maximum absolute atomic E-state index is 12.0. The largest absolute Gasteiger partial charge is 0.350 e. The number of aryl methyl sites for hydroxylation is 1. The highest BCUT2D eigenvalue weighted by atomic mass is 16.2. The minimum atomic E-state index is -0.176. The second kappa shape index (κ2) is 6.39. The minimum Gasteiger partial charge on any atom is -0.350 e. The van der Waals surface area contributed by atoms with Crippen LogP contribution in [0.25, 0.3) is 11.4 Å². The fraction of sp³-hybridized carbons (Fsp3) is 0.267. The summed E-state index contributed by atoms with van der Waals surface area (Å²) >= 11 is 0. The summed E-state index contributed by atoms with van der Waals surface area (Å²) in [5, 5.41) is 19.1. The molecule has 0 unspecified atom stereocenters. The van der Waals surface area contributed by atoms with Gasteiger partial charge in [-0.15, -0.1) is 10.2 Å². The Bertz CT molecular complexity index is 806. The molecule has 2 aromatic heterocycles. The fourth-order valence-electron chi connectivity index (χ4n) is 2.11. The molecule has 0 atom stereocenters. The van der Waals surface area contributed by atoms with Crippen LogP contribution in [0.2, 0.25) is 0 Å². The van der Waals surface area contributed by atoms with Gasteiger partial charge in [-0.25, -0.2) is 0 Å². The Kier molecular flexibility index (Phi) is 4.13. The van der Waals surface area contributed by atoms with Crippen molar-refractivity contribution in [2.24, 2.45) is 7.05 Å². The Morgan fingerprint density at radius 3 is 2.74 bits per heavy atom. The molecule has 1 aromatic carbocycles. The fourth-order valence-corrected chi connectivity index (χ4v) is 2.11. The van der Waals surface area contributed by atoms with E-state index < -0.39 is 0 Å². The van der Waals surface area contributed by atoms with Gasteiger partial charge < -0.3 is 5.32 Å². The number of tetrazole rings is 1. The highest BCUT2D eigenvalue weighted by Gasteiger charge is 2.10. The zero-order valence-corrected chi connectivity index (χ0v) is 13.0. The highest BCUT2D eigenvalue weighted by Crippen LogP contribution is 2.11. The number of rotatable bonds is 5. The zero-order chi connectivity index (χ0) is 16.2. The van der Waals surface area contributed by atoms with Gasteiger partial charge in [0.1, 0.15) is 6.54 Å². The summed E-state index contributed by atoms with van der Waals surface area (Å²) in [6.45, 7) is 2.41. The van der Waals surface area contributed by atoms with Crippen molar-refractivity contribution < 1.29 is 4.79 Å². The van der Waals surface area contributed by atoms with E-state index in [9.17, 15) is 4.79 Å². The summed E-state index contributed by atoms with van der Waals surface area (Å²) < 4.78 is 1.77. The molecule has 0 saturated heterocycles. The van der Waals surface area contributed by atoms with Gasteiger partial charge in [-0.1, -0.05) is 30.3 Å². The SMILES string of the molecule is Cc1c(CNC(=O)Cn2nnc(-c3ccccc3)n2)cnn1C. The van der Waals surface area contributed by atoms with Crippen LogP contribution >= 0.6 is 0 Å². The van der Waals surface area contributed by atoms with Gasteiger partial charge >= 0.3 is 0 Å². The van der Waals surface area contributed by atoms with Crippen molar-refractivity contribution in [2.45, 2.75) is 20.0 Å². The predicted octanol–water partition coefficient (Wildman–Crippen LogP) is 0.698. The molecule has 3 rings (SSSR count). The standard InChI is InChI=1S/C15H17N7O/c1-11-13(9-17-21(11)2)8-16-14(23)10-22-19-15(18-20-22)12-6-4-3-5-7-12/h3-7,9H,8,10H2,1-2H3,(H,16,23). The second-order valence-electron chi connectivity index (χ2n) is 5.17. The predicted molar refractivity (Wildman–Crippen MR) is 83.0 cm³/mol. The molecule has 1 N–H and O–H groups in total. The van der Waals surface area contributed by atoms with Crippen molar-refractivity contribution in [3.05, 3.63) is 47.8 Å². The first-order chi connectivity index (χ1) is 11.1. The van der Waals surface area contributed by atoms with Crippen LogP contribution in [0.3, 0.4) is 0 Å². The molecule has 0 aliphatic carbocycles. The monoisotopic (exact) mass is 311 g/mol. The lowest BCUT2D eigenvalue weighted by Gasteiger charge is -2.04. The number of hydrogen-bond donors (Lipinski definition) is 1. The van der Waals surface area contributed by atoms with E-state index >= 15 is 0 Å². The molecule has 0 fully saturated rings. The summed E-state index contributed by atoms with van der Waals surface area (Å²) in [4.78, 5) is 13.3. The van der Waals surface area contributed by atoms with E-state index in [-0.39, 0.29) is 12.5 Å². The maximum atomic E-state index is 12.0. The maximum Gasteiger partial charge on any atom is 0.243 e. The van der Waals surface area contributed by atoms with Crippen molar-refractivity contribution in [1.29, 1.82) is 0 Å². The van der Waals surface area contributed by atoms with Crippen LogP contribution in [0, 0.1) is 6.92 Å². The molecular weight excluding hydrogens is 294 g/mol. The van der Waals surface area contributed by atoms with Crippen LogP contribution in [0.4, 0.5) is 0 Å². The first-order valence-electron chi connectivity index (χ1n) is 7.21. The Morgan fingerprint density at radius 1 is 1.26 bits per heavy atom. The number of benzene rings is 1. The molecule has 0 saturated carbocycles. The number of nitrogens with zero attached hydrogens (tertiary/aromatic N) is 6. The van der Waals surface area contributed by atoms with Crippen LogP contribution in [-0.4, -0.2) is 35.9 Å². The molecule has 0 bridgehead atoms. The number of nitrogens with one attached hydrogen (secondary N) is 1. The molecule has 0 spiro atoms. The third kappa shape index (κ3) is 3.42. The molecule has 1 amide bonds. The van der Waals surface area contributed by atoms with Crippen LogP contribution in [0.15, 0.2) is 36.5 Å². The van der Waals surface area contributed by atoms with E-state index in [4.69, 9.17) is 0 Å². The minimum absolute atomic E-state index is 0.0269. The highest BCUT2D eigenvalue weighted by molar-refractivity contribution is 5.75. The summed E-state index contributed by atoms with van der Waals surface area (Å²) in [5.74, 6) is 0.326. The van der Waals surface area contributed by atoms with E-state index in [2.05, 4.69) is 25.8 Å². The van der Waals surface area contributed by atoms with Crippen LogP contribution in [0.5, 0.6) is 0 Å². The van der Waals surface area contributed by atoms with Crippen LogP contribution < -0.4 is 5.32 Å². The molecule has 2 heterocycles. The van der Waals surface area contributed by atoms with Gasteiger partial charge in [0.05, 0.1) is 6.20 Å². The molecule has 8 nitrogen and oxygen atoms in total. The summed E-state index contributed by atoms with van der Waals surface area (Å²) in [6, 6.07) is 9.51. The lowest BCUT2D eigenvalue weighted by Crippen LogP contribution is -2.28. The van der Waals surface area contributed by atoms with Gasteiger partial charge in [0.25, 0.3) is 0 Å². The smallest absolute Gasteiger partial charge is 0.243 e. The van der Waals surface area contributed by atoms with E-state index in [1.54, 1.807) is 10.9 Å². The Morgan fingerprint density at radius 2 is 2.04 bits per heavy atom. The van der Waals surface area contributed by atoms with Gasteiger partial charge in [0.15, 0.2) is 0 Å². The molecule has 8 heteroatoms. The number of aromatic nitrogens is 6. The zero-order valence-electron chi connectivity index (χ0n) is 13.0. The molecule has 3 aromatic rings. The van der Waals surface area contributed by atoms with Crippen molar-refractivity contribution in [2.75, 3.05) is 0 Å². The van der Waals surface area contributed by atoms with Crippen molar-refractivity contribution in [1.82, 2.24) is 35.3 Å². The Balaban J connectivity index is 1.58. The number of hydrogen-bond acceptors (Lipinski definition) is 5. The first kappa shape index (κ1) is 14.9. The average Bonchev–Trinajstić information content (AvgIpc) is 3.15. The van der Waals surface area contributed by atoms with E-state index in [0.29, 0.717) is 12.4 Å². The van der Waals surface area contributed by atoms with Gasteiger partial charge in [-0.2, -0.15) is 9.90 Å². The van der Waals surface area contributed by atoms with Crippen LogP contribution in [-0.2, 0) is 24.9 Å². The average molecular weight is 311 g/mol. The van der Waals surface area contributed by atoms with E-state index in [0.717, 1.165) is 16.8 Å². The molecule has 23 heavy (non-hydrogen) atoms. The number of amides is 1. The summed E-state index contributed by atoms with van der Waals surface area (Å²) in [6.07, 6.45) is 1.75. The Hall–Kier alpha value is -3.03. The van der Waals surface area contributed by atoms with Gasteiger partial charge in [0.2, 0.25) is 11.7 Å². The van der Waals surface area contributed by atoms with E-state index in [1.165, 1.54) is 4.80 Å². The second-order valence-corrected chi connectivity index (χ2v) is 5.17. The van der Waals surface area contributed by atoms with Gasteiger partial charge in [0, 0.05) is 30.4 Å². The van der Waals surface area contributed by atoms with Gasteiger partial charge in [-0.05, 0) is 12.1 Å². The number of carbonyl (C=O) groups excluding carboxylic acids is 1. The molecule has 0 aliphatic heterocycles. The molecular formula is C15H17N7O. The van der Waals surface area contributed by atoms with Crippen LogP contribution in [0.1, 0.15) is 11.3 Å². The number of carbonyl (C=O) groups is 1. The third-order valence-electron chi connectivity index (χ3n) is 3.58. The lowest BCUT2D eigenvalue weighted by atomic mass is 10.2. The Labute approximate surface area is 133 Å². The normalized spacial score (nSPS) is 10.7. The lowest BCUT2D eigenvalue weighted by molar-refractivity contribution is -0.122. The summed E-state index contributed by atoms with van der Waals surface area (Å²) in [7, 11) is 1.87. The van der Waals surface area contributed by atoms with Crippen molar-refractivity contribution in [3.63, 3.8) is 0 Å². The topological polar surface area (TPSA) is 90.5 Å². The summed E-state index contributed by atoms with van der Waals surface area (Å²) in [5.41, 5.74) is 2.87. The molecule has 0 radical (unpaired) electrons. The molecule has 0 aliphatic rings. The van der Waals surface area contributed by atoms with E-state index in [1.807, 2.05) is 44.3 Å². The quantitative estimate of drug-likeness (QED) is 0.749. The van der Waals surface area contributed by atoms with Crippen molar-refractivity contribution >= 4 is 5.91 Å². The third-order valence-corrected chi connectivity index (χ3v) is 3.58.